The van der Waals surface area contributed by atoms with Crippen molar-refractivity contribution in [1.29, 1.82) is 0 Å². The van der Waals surface area contributed by atoms with Gasteiger partial charge in [-0.15, -0.1) is 0 Å². The summed E-state index contributed by atoms with van der Waals surface area (Å²) < 4.78 is 0. The minimum absolute atomic E-state index is 0.424. The highest BCUT2D eigenvalue weighted by Gasteiger charge is 2.23. The van der Waals surface area contributed by atoms with E-state index < -0.39 is 0 Å². The lowest BCUT2D eigenvalue weighted by Crippen LogP contribution is -2.54. The van der Waals surface area contributed by atoms with Crippen LogP contribution in [-0.2, 0) is 0 Å². The van der Waals surface area contributed by atoms with Crippen LogP contribution in [-0.4, -0.2) is 56.1 Å². The van der Waals surface area contributed by atoms with Crippen LogP contribution in [0.3, 0.4) is 0 Å². The number of rotatable bonds is 6. The van der Waals surface area contributed by atoms with Crippen LogP contribution in [0.2, 0.25) is 5.02 Å². The SMILES string of the molecule is CCCC(NCC1CN(C)CCN1C)c1ccc(Cl)cc1. The zero-order valence-corrected chi connectivity index (χ0v) is 14.2. The molecule has 1 fully saturated rings. The van der Waals surface area contributed by atoms with Crippen LogP contribution in [0.25, 0.3) is 0 Å². The molecular weight excluding hydrogens is 282 g/mol. The first kappa shape index (κ1) is 16.8. The van der Waals surface area contributed by atoms with Gasteiger partial charge in [-0.25, -0.2) is 0 Å². The van der Waals surface area contributed by atoms with Crippen molar-refractivity contribution >= 4 is 11.6 Å². The first-order valence-electron chi connectivity index (χ1n) is 7.97. The van der Waals surface area contributed by atoms with Gasteiger partial charge in [0.2, 0.25) is 0 Å². The fourth-order valence-corrected chi connectivity index (χ4v) is 3.10. The Bertz CT molecular complexity index is 421. The summed E-state index contributed by atoms with van der Waals surface area (Å²) in [7, 11) is 4.44. The molecule has 0 aromatic heterocycles. The van der Waals surface area contributed by atoms with E-state index in [2.05, 4.69) is 48.3 Å². The van der Waals surface area contributed by atoms with Crippen molar-refractivity contribution < 1.29 is 0 Å². The lowest BCUT2D eigenvalue weighted by molar-refractivity contribution is 0.111. The van der Waals surface area contributed by atoms with Crippen LogP contribution in [0.4, 0.5) is 0 Å². The summed E-state index contributed by atoms with van der Waals surface area (Å²) >= 11 is 5.99. The Morgan fingerprint density at radius 1 is 1.24 bits per heavy atom. The standard InChI is InChI=1S/C17H28ClN3/c1-4-5-17(14-6-8-15(18)9-7-14)19-12-16-13-20(2)10-11-21(16)3/h6-9,16-17,19H,4-5,10-13H2,1-3H3. The van der Waals surface area contributed by atoms with Crippen LogP contribution in [0, 0.1) is 0 Å². The van der Waals surface area contributed by atoms with Crippen LogP contribution >= 0.6 is 11.6 Å². The Hall–Kier alpha value is -0.610. The van der Waals surface area contributed by atoms with Crippen molar-refractivity contribution in [2.24, 2.45) is 0 Å². The van der Waals surface area contributed by atoms with Gasteiger partial charge in [-0.3, -0.25) is 4.90 Å². The van der Waals surface area contributed by atoms with Crippen LogP contribution in [0.15, 0.2) is 24.3 Å². The number of piperazine rings is 1. The molecule has 0 radical (unpaired) electrons. The second-order valence-corrected chi connectivity index (χ2v) is 6.63. The van der Waals surface area contributed by atoms with Gasteiger partial charge in [0.15, 0.2) is 0 Å². The molecule has 1 heterocycles. The quantitative estimate of drug-likeness (QED) is 0.871. The molecule has 0 spiro atoms. The van der Waals surface area contributed by atoms with E-state index in [1.807, 2.05) is 12.1 Å². The number of hydrogen-bond donors (Lipinski definition) is 1. The van der Waals surface area contributed by atoms with Gasteiger partial charge in [0.1, 0.15) is 0 Å². The van der Waals surface area contributed by atoms with E-state index in [0.717, 1.165) is 31.1 Å². The van der Waals surface area contributed by atoms with Crippen LogP contribution < -0.4 is 5.32 Å². The lowest BCUT2D eigenvalue weighted by Gasteiger charge is -2.38. The molecular formula is C17H28ClN3. The Morgan fingerprint density at radius 2 is 1.95 bits per heavy atom. The molecule has 0 amide bonds. The molecule has 2 unspecified atom stereocenters. The second-order valence-electron chi connectivity index (χ2n) is 6.20. The normalized spacial score (nSPS) is 22.4. The molecule has 1 aliphatic heterocycles. The molecule has 1 N–H and O–H groups in total. The van der Waals surface area contributed by atoms with Crippen LogP contribution in [0.5, 0.6) is 0 Å². The van der Waals surface area contributed by atoms with Gasteiger partial charge in [-0.2, -0.15) is 0 Å². The predicted octanol–water partition coefficient (Wildman–Crippen LogP) is 3.02. The monoisotopic (exact) mass is 309 g/mol. The van der Waals surface area contributed by atoms with Crippen molar-refractivity contribution in [2.45, 2.75) is 31.8 Å². The van der Waals surface area contributed by atoms with Crippen molar-refractivity contribution in [3.8, 4) is 0 Å². The average Bonchev–Trinajstić information content (AvgIpc) is 2.48. The number of likely N-dealkylation sites (N-methyl/N-ethyl adjacent to an activating group) is 2. The van der Waals surface area contributed by atoms with E-state index in [-0.39, 0.29) is 0 Å². The highest BCUT2D eigenvalue weighted by atomic mass is 35.5. The molecule has 4 heteroatoms. The Balaban J connectivity index is 1.94. The van der Waals surface area contributed by atoms with E-state index in [9.17, 15) is 0 Å². The molecule has 1 aliphatic rings. The van der Waals surface area contributed by atoms with E-state index >= 15 is 0 Å². The molecule has 0 aliphatic carbocycles. The third kappa shape index (κ3) is 4.96. The lowest BCUT2D eigenvalue weighted by atomic mass is 10.0. The number of benzene rings is 1. The Kier molecular flexibility index (Phi) is 6.49. The minimum atomic E-state index is 0.424. The van der Waals surface area contributed by atoms with Gasteiger partial charge in [0.05, 0.1) is 0 Å². The zero-order valence-electron chi connectivity index (χ0n) is 13.5. The van der Waals surface area contributed by atoms with E-state index in [4.69, 9.17) is 11.6 Å². The van der Waals surface area contributed by atoms with E-state index in [1.165, 1.54) is 18.5 Å². The molecule has 3 nitrogen and oxygen atoms in total. The smallest absolute Gasteiger partial charge is 0.0406 e. The molecule has 1 aromatic rings. The topological polar surface area (TPSA) is 18.5 Å². The molecule has 1 aromatic carbocycles. The number of nitrogens with zero attached hydrogens (tertiary/aromatic N) is 2. The van der Waals surface area contributed by atoms with Crippen molar-refractivity contribution in [3.63, 3.8) is 0 Å². The summed E-state index contributed by atoms with van der Waals surface area (Å²) in [6, 6.07) is 9.28. The second kappa shape index (κ2) is 8.14. The largest absolute Gasteiger partial charge is 0.308 e. The molecule has 2 atom stereocenters. The van der Waals surface area contributed by atoms with Crippen molar-refractivity contribution in [3.05, 3.63) is 34.9 Å². The Morgan fingerprint density at radius 3 is 2.62 bits per heavy atom. The summed E-state index contributed by atoms with van der Waals surface area (Å²) in [4.78, 5) is 4.89. The third-order valence-corrected chi connectivity index (χ3v) is 4.68. The van der Waals surface area contributed by atoms with Gasteiger partial charge >= 0.3 is 0 Å². The van der Waals surface area contributed by atoms with Crippen molar-refractivity contribution in [1.82, 2.24) is 15.1 Å². The number of halogens is 1. The maximum absolute atomic E-state index is 5.99. The number of nitrogens with one attached hydrogen (secondary N) is 1. The fourth-order valence-electron chi connectivity index (χ4n) is 2.97. The van der Waals surface area contributed by atoms with Gasteiger partial charge in [-0.05, 0) is 38.2 Å². The first-order valence-corrected chi connectivity index (χ1v) is 8.35. The highest BCUT2D eigenvalue weighted by Crippen LogP contribution is 2.21. The zero-order chi connectivity index (χ0) is 15.2. The molecule has 21 heavy (non-hydrogen) atoms. The van der Waals surface area contributed by atoms with Crippen LogP contribution in [0.1, 0.15) is 31.4 Å². The molecule has 118 valence electrons. The average molecular weight is 310 g/mol. The molecule has 1 saturated heterocycles. The van der Waals surface area contributed by atoms with Gasteiger partial charge in [0, 0.05) is 43.3 Å². The molecule has 0 saturated carbocycles. The van der Waals surface area contributed by atoms with Crippen molar-refractivity contribution in [2.75, 3.05) is 40.3 Å². The summed E-state index contributed by atoms with van der Waals surface area (Å²) in [5.74, 6) is 0. The summed E-state index contributed by atoms with van der Waals surface area (Å²) in [6.45, 7) is 6.74. The highest BCUT2D eigenvalue weighted by molar-refractivity contribution is 6.30. The number of hydrogen-bond acceptors (Lipinski definition) is 3. The third-order valence-electron chi connectivity index (χ3n) is 4.43. The van der Waals surface area contributed by atoms with E-state index in [1.54, 1.807) is 0 Å². The maximum Gasteiger partial charge on any atom is 0.0406 e. The maximum atomic E-state index is 5.99. The summed E-state index contributed by atoms with van der Waals surface area (Å²) in [5.41, 5.74) is 1.34. The van der Waals surface area contributed by atoms with E-state index in [0.29, 0.717) is 12.1 Å². The van der Waals surface area contributed by atoms with Gasteiger partial charge in [0.25, 0.3) is 0 Å². The fraction of sp³-hybridized carbons (Fsp3) is 0.647. The molecule has 0 bridgehead atoms. The van der Waals surface area contributed by atoms with Gasteiger partial charge < -0.3 is 10.2 Å². The minimum Gasteiger partial charge on any atom is -0.308 e. The van der Waals surface area contributed by atoms with Gasteiger partial charge in [-0.1, -0.05) is 37.1 Å². The molecule has 2 rings (SSSR count). The summed E-state index contributed by atoms with van der Waals surface area (Å²) in [6.07, 6.45) is 2.34. The first-order chi connectivity index (χ1) is 10.1. The summed E-state index contributed by atoms with van der Waals surface area (Å²) in [5, 5.41) is 4.57. The Labute approximate surface area is 134 Å². The predicted molar refractivity (Wildman–Crippen MR) is 91.0 cm³/mol.